The fourth-order valence-corrected chi connectivity index (χ4v) is 2.06. The van der Waals surface area contributed by atoms with Gasteiger partial charge in [-0.15, -0.1) is 0 Å². The van der Waals surface area contributed by atoms with Crippen LogP contribution in [-0.2, 0) is 4.74 Å². The molecule has 0 rings (SSSR count). The first kappa shape index (κ1) is 17.6. The van der Waals surface area contributed by atoms with Crippen molar-refractivity contribution in [3.05, 3.63) is 0 Å². The van der Waals surface area contributed by atoms with E-state index in [1.807, 2.05) is 32.5 Å². The highest BCUT2D eigenvalue weighted by molar-refractivity contribution is 7.98. The van der Waals surface area contributed by atoms with Crippen LogP contribution >= 0.6 is 11.8 Å². The van der Waals surface area contributed by atoms with E-state index in [2.05, 4.69) is 30.7 Å². The van der Waals surface area contributed by atoms with Gasteiger partial charge in [-0.2, -0.15) is 11.8 Å². The molecule has 0 fully saturated rings. The molecule has 0 aromatic carbocycles. The van der Waals surface area contributed by atoms with Gasteiger partial charge in [0.15, 0.2) is 0 Å². The van der Waals surface area contributed by atoms with Gasteiger partial charge in [0.25, 0.3) is 0 Å². The van der Waals surface area contributed by atoms with Crippen molar-refractivity contribution in [3.63, 3.8) is 0 Å². The molecule has 0 aromatic rings. The van der Waals surface area contributed by atoms with Gasteiger partial charge in [-0.1, -0.05) is 0 Å². The first-order valence-electron chi connectivity index (χ1n) is 6.46. The molecule has 2 N–H and O–H groups in total. The Bertz CT molecular complexity index is 242. The predicted molar refractivity (Wildman–Crippen MR) is 79.3 cm³/mol. The molecule has 18 heavy (non-hydrogen) atoms. The molecule has 0 aliphatic carbocycles. The molecule has 0 aliphatic rings. The van der Waals surface area contributed by atoms with Gasteiger partial charge in [-0.25, -0.2) is 4.79 Å². The fraction of sp³-hybridized carbons (Fsp3) is 0.923. The van der Waals surface area contributed by atoms with Crippen LogP contribution in [0.15, 0.2) is 0 Å². The number of rotatable bonds is 7. The van der Waals surface area contributed by atoms with Crippen LogP contribution in [-0.4, -0.2) is 42.3 Å². The van der Waals surface area contributed by atoms with E-state index in [4.69, 9.17) is 4.74 Å². The number of hydrogen-bond acceptors (Lipinski definition) is 4. The van der Waals surface area contributed by atoms with Crippen molar-refractivity contribution in [1.29, 1.82) is 0 Å². The van der Waals surface area contributed by atoms with Gasteiger partial charge in [-0.3, -0.25) is 0 Å². The van der Waals surface area contributed by atoms with E-state index in [-0.39, 0.29) is 12.1 Å². The van der Waals surface area contributed by atoms with E-state index in [1.165, 1.54) is 0 Å². The van der Waals surface area contributed by atoms with Crippen molar-refractivity contribution in [1.82, 2.24) is 10.6 Å². The smallest absolute Gasteiger partial charge is 0.407 e. The van der Waals surface area contributed by atoms with Crippen LogP contribution in [0.1, 0.15) is 41.0 Å². The number of ether oxygens (including phenoxy) is 1. The Hall–Kier alpha value is -0.420. The predicted octanol–water partition coefficient (Wildman–Crippen LogP) is 2.63. The van der Waals surface area contributed by atoms with Gasteiger partial charge >= 0.3 is 6.09 Å². The normalized spacial score (nSPS) is 15.0. The average molecular weight is 276 g/mol. The van der Waals surface area contributed by atoms with Gasteiger partial charge in [0, 0.05) is 18.6 Å². The van der Waals surface area contributed by atoms with E-state index >= 15 is 0 Å². The fourth-order valence-electron chi connectivity index (χ4n) is 1.47. The second-order valence-electron chi connectivity index (χ2n) is 5.63. The van der Waals surface area contributed by atoms with Gasteiger partial charge < -0.3 is 15.4 Å². The molecule has 5 heteroatoms. The van der Waals surface area contributed by atoms with Gasteiger partial charge in [0.05, 0.1) is 0 Å². The zero-order valence-electron chi connectivity index (χ0n) is 12.5. The summed E-state index contributed by atoms with van der Waals surface area (Å²) in [6.07, 6.45) is 2.89. The molecule has 0 heterocycles. The zero-order chi connectivity index (χ0) is 14.2. The van der Waals surface area contributed by atoms with Crippen LogP contribution in [0.4, 0.5) is 4.79 Å². The van der Waals surface area contributed by atoms with E-state index in [0.29, 0.717) is 12.6 Å². The standard InChI is InChI=1S/C13H28N2O2S/c1-10(7-8-18-6)15-11(2)9-14-12(16)17-13(3,4)5/h10-11,15H,7-9H2,1-6H3,(H,14,16). The van der Waals surface area contributed by atoms with Gasteiger partial charge in [0.1, 0.15) is 5.60 Å². The lowest BCUT2D eigenvalue weighted by Crippen LogP contribution is -2.44. The van der Waals surface area contributed by atoms with Crippen molar-refractivity contribution in [3.8, 4) is 0 Å². The molecular formula is C13H28N2O2S. The first-order chi connectivity index (χ1) is 8.24. The molecule has 1 amide bonds. The minimum atomic E-state index is -0.438. The lowest BCUT2D eigenvalue weighted by atomic mass is 10.2. The van der Waals surface area contributed by atoms with E-state index in [1.54, 1.807) is 0 Å². The molecule has 0 aromatic heterocycles. The quantitative estimate of drug-likeness (QED) is 0.750. The summed E-state index contributed by atoms with van der Waals surface area (Å²) in [6, 6.07) is 0.710. The molecule has 0 aliphatic heterocycles. The van der Waals surface area contributed by atoms with Crippen molar-refractivity contribution in [2.75, 3.05) is 18.6 Å². The summed E-state index contributed by atoms with van der Waals surface area (Å²) in [6.45, 7) is 10.4. The number of hydrogen-bond donors (Lipinski definition) is 2. The maximum Gasteiger partial charge on any atom is 0.407 e. The molecular weight excluding hydrogens is 248 g/mol. The third-order valence-electron chi connectivity index (χ3n) is 2.28. The summed E-state index contributed by atoms with van der Waals surface area (Å²) in [5.41, 5.74) is -0.438. The molecule has 0 saturated carbocycles. The Morgan fingerprint density at radius 1 is 1.28 bits per heavy atom. The Morgan fingerprint density at radius 2 is 1.89 bits per heavy atom. The van der Waals surface area contributed by atoms with E-state index in [9.17, 15) is 4.79 Å². The lowest BCUT2D eigenvalue weighted by Gasteiger charge is -2.23. The molecule has 2 atom stereocenters. The van der Waals surface area contributed by atoms with Crippen LogP contribution in [0.25, 0.3) is 0 Å². The number of carbonyl (C=O) groups is 1. The summed E-state index contributed by atoms with van der Waals surface area (Å²) < 4.78 is 5.18. The van der Waals surface area contributed by atoms with E-state index in [0.717, 1.165) is 12.2 Å². The van der Waals surface area contributed by atoms with Crippen LogP contribution < -0.4 is 10.6 Å². The summed E-state index contributed by atoms with van der Waals surface area (Å²) >= 11 is 1.85. The Balaban J connectivity index is 3.76. The highest BCUT2D eigenvalue weighted by Crippen LogP contribution is 2.06. The molecule has 0 bridgehead atoms. The first-order valence-corrected chi connectivity index (χ1v) is 7.86. The maximum atomic E-state index is 11.5. The van der Waals surface area contributed by atoms with Crippen molar-refractivity contribution >= 4 is 17.9 Å². The third kappa shape index (κ3) is 10.7. The average Bonchev–Trinajstić information content (AvgIpc) is 2.21. The minimum Gasteiger partial charge on any atom is -0.444 e. The summed E-state index contributed by atoms with van der Waals surface area (Å²) in [5, 5.41) is 6.22. The lowest BCUT2D eigenvalue weighted by molar-refractivity contribution is 0.0522. The SMILES string of the molecule is CSCCC(C)NC(C)CNC(=O)OC(C)(C)C. The summed E-state index contributed by atoms with van der Waals surface area (Å²) in [7, 11) is 0. The maximum absolute atomic E-state index is 11.5. The number of amides is 1. The molecule has 2 unspecified atom stereocenters. The monoisotopic (exact) mass is 276 g/mol. The van der Waals surface area contributed by atoms with Gasteiger partial charge in [-0.05, 0) is 53.0 Å². The molecule has 0 radical (unpaired) electrons. The number of carbonyl (C=O) groups excluding carboxylic acids is 1. The van der Waals surface area contributed by atoms with E-state index < -0.39 is 5.60 Å². The molecule has 4 nitrogen and oxygen atoms in total. The van der Waals surface area contributed by atoms with Crippen LogP contribution in [0, 0.1) is 0 Å². The van der Waals surface area contributed by atoms with Crippen molar-refractivity contribution in [2.24, 2.45) is 0 Å². The van der Waals surface area contributed by atoms with Crippen LogP contribution in [0.3, 0.4) is 0 Å². The highest BCUT2D eigenvalue weighted by atomic mass is 32.2. The summed E-state index contributed by atoms with van der Waals surface area (Å²) in [4.78, 5) is 11.5. The molecule has 108 valence electrons. The Morgan fingerprint density at radius 3 is 2.39 bits per heavy atom. The number of alkyl carbamates (subject to hydrolysis) is 1. The number of thioether (sulfide) groups is 1. The summed E-state index contributed by atoms with van der Waals surface area (Å²) in [5.74, 6) is 1.15. The number of nitrogens with one attached hydrogen (secondary N) is 2. The van der Waals surface area contributed by atoms with Crippen LogP contribution in [0.5, 0.6) is 0 Å². The van der Waals surface area contributed by atoms with Gasteiger partial charge in [0.2, 0.25) is 0 Å². The largest absolute Gasteiger partial charge is 0.444 e. The van der Waals surface area contributed by atoms with Crippen molar-refractivity contribution < 1.29 is 9.53 Å². The highest BCUT2D eigenvalue weighted by Gasteiger charge is 2.16. The second kappa shape index (κ2) is 8.64. The second-order valence-corrected chi connectivity index (χ2v) is 6.62. The van der Waals surface area contributed by atoms with Crippen molar-refractivity contribution in [2.45, 2.75) is 58.7 Å². The molecule has 0 spiro atoms. The third-order valence-corrected chi connectivity index (χ3v) is 2.92. The topological polar surface area (TPSA) is 50.4 Å². The Labute approximate surface area is 116 Å². The minimum absolute atomic E-state index is 0.245. The Kier molecular flexibility index (Phi) is 8.44. The zero-order valence-corrected chi connectivity index (χ0v) is 13.3. The van der Waals surface area contributed by atoms with Crippen LogP contribution in [0.2, 0.25) is 0 Å². The molecule has 0 saturated heterocycles.